The first-order valence-corrected chi connectivity index (χ1v) is 16.0. The Hall–Kier alpha value is -6.44. The fraction of sp³-hybridized carbons (Fsp3) is 0. The highest BCUT2D eigenvalue weighted by Crippen LogP contribution is 2.45. The van der Waals surface area contributed by atoms with Crippen LogP contribution in [-0.4, -0.2) is 0 Å². The smallest absolute Gasteiger partial charge is 0.143 e. The summed E-state index contributed by atoms with van der Waals surface area (Å²) in [5, 5.41) is 5.22. The third-order valence-electron chi connectivity index (χ3n) is 9.27. The number of hydrogen-bond donors (Lipinski definition) is 0. The first kappa shape index (κ1) is 18.8. The number of hydrogen-bond acceptors (Lipinski definition) is 1. The predicted molar refractivity (Wildman–Crippen MR) is 208 cm³/mol. The Morgan fingerprint density at radius 2 is 0.980 bits per heavy atom. The molecule has 0 aliphatic carbocycles. The van der Waals surface area contributed by atoms with E-state index in [0.717, 1.165) is 54.6 Å². The summed E-state index contributed by atoms with van der Waals surface area (Å²) in [6.07, 6.45) is 0. The maximum atomic E-state index is 9.70. The molecule has 0 fully saturated rings. The quantitative estimate of drug-likeness (QED) is 0.176. The Labute approximate surface area is 299 Å². The second-order valence-corrected chi connectivity index (χ2v) is 12.0. The van der Waals surface area contributed by atoms with Crippen molar-refractivity contribution < 1.29 is 19.5 Å². The average Bonchev–Trinajstić information content (AvgIpc) is 3.68. The first-order valence-electron chi connectivity index (χ1n) is 21.5. The lowest BCUT2D eigenvalue weighted by atomic mass is 9.85. The summed E-state index contributed by atoms with van der Waals surface area (Å²) < 4.78 is 103. The molecular formula is C48H30O. The number of para-hydroxylation sites is 1. The molecule has 1 heterocycles. The van der Waals surface area contributed by atoms with Gasteiger partial charge in [0.25, 0.3) is 0 Å². The lowest BCUT2D eigenvalue weighted by Gasteiger charge is -2.18. The van der Waals surface area contributed by atoms with E-state index in [1.165, 1.54) is 0 Å². The molecule has 0 bridgehead atoms. The minimum Gasteiger partial charge on any atom is -0.455 e. The van der Waals surface area contributed by atoms with Gasteiger partial charge in [0.1, 0.15) is 11.2 Å². The molecule has 0 saturated heterocycles. The lowest BCUT2D eigenvalue weighted by Crippen LogP contribution is -1.91. The first-order chi connectivity index (χ1) is 28.9. The summed E-state index contributed by atoms with van der Waals surface area (Å²) in [7, 11) is 0. The van der Waals surface area contributed by atoms with Crippen molar-refractivity contribution in [2.24, 2.45) is 0 Å². The van der Waals surface area contributed by atoms with E-state index in [1.807, 2.05) is 60.7 Å². The van der Waals surface area contributed by atoms with Crippen LogP contribution in [0.1, 0.15) is 15.1 Å². The molecule has 0 amide bonds. The number of benzene rings is 9. The largest absolute Gasteiger partial charge is 0.455 e. The van der Waals surface area contributed by atoms with Crippen molar-refractivity contribution in [3.05, 3.63) is 182 Å². The maximum Gasteiger partial charge on any atom is 0.143 e. The zero-order valence-corrected chi connectivity index (χ0v) is 25.9. The van der Waals surface area contributed by atoms with Gasteiger partial charge in [-0.3, -0.25) is 0 Å². The van der Waals surface area contributed by atoms with Gasteiger partial charge in [-0.15, -0.1) is 0 Å². The molecule has 1 nitrogen and oxygen atoms in total. The van der Waals surface area contributed by atoms with E-state index in [0.29, 0.717) is 5.56 Å². The Bertz CT molecular complexity index is 3410. The third kappa shape index (κ3) is 4.40. The van der Waals surface area contributed by atoms with Crippen LogP contribution in [0, 0.1) is 0 Å². The van der Waals surface area contributed by atoms with Crippen LogP contribution in [0.15, 0.2) is 186 Å². The molecule has 1 heteroatoms. The summed E-state index contributed by atoms with van der Waals surface area (Å²) >= 11 is 0. The standard InChI is InChI=1S/C48H30O/c1-2-12-32(13-3-1)38-22-11-23-44-39-29-28-35(30-45(39)49-48(38)44)47-42-19-8-6-17-40(42)46(41-18-7-9-20-43(41)47)34-26-24-33(25-27-34)37-21-10-15-31-14-4-5-16-36(31)37/h1-30H/i1D,2D,3D,11D,12D,13D,22D,23D,28D,29D,30D. The van der Waals surface area contributed by atoms with E-state index >= 15 is 0 Å². The highest BCUT2D eigenvalue weighted by atomic mass is 16.3. The average molecular weight is 634 g/mol. The van der Waals surface area contributed by atoms with E-state index in [-0.39, 0.29) is 51.2 Å². The van der Waals surface area contributed by atoms with Crippen molar-refractivity contribution in [3.63, 3.8) is 0 Å². The molecule has 0 aliphatic heterocycles. The minimum absolute atomic E-state index is 0.102. The van der Waals surface area contributed by atoms with Crippen LogP contribution in [0.2, 0.25) is 0 Å². The van der Waals surface area contributed by atoms with Crippen molar-refractivity contribution in [2.45, 2.75) is 0 Å². The summed E-state index contributed by atoms with van der Waals surface area (Å²) in [6, 6.07) is 32.6. The zero-order chi connectivity index (χ0) is 41.9. The normalized spacial score (nSPS) is 14.8. The Morgan fingerprint density at radius 3 is 1.69 bits per heavy atom. The third-order valence-corrected chi connectivity index (χ3v) is 9.27. The molecule has 1 aromatic heterocycles. The Kier molecular flexibility index (Phi) is 4.25. The van der Waals surface area contributed by atoms with E-state index < -0.39 is 53.9 Å². The van der Waals surface area contributed by atoms with E-state index in [4.69, 9.17) is 15.4 Å². The van der Waals surface area contributed by atoms with Gasteiger partial charge in [-0.2, -0.15) is 0 Å². The summed E-state index contributed by atoms with van der Waals surface area (Å²) in [4.78, 5) is 0. The molecule has 10 aromatic rings. The van der Waals surface area contributed by atoms with Gasteiger partial charge in [-0.25, -0.2) is 0 Å². The molecule has 49 heavy (non-hydrogen) atoms. The number of furan rings is 1. The molecular weight excluding hydrogens is 593 g/mol. The van der Waals surface area contributed by atoms with E-state index in [9.17, 15) is 4.11 Å². The number of fused-ring (bicyclic) bond motifs is 6. The Balaban J connectivity index is 1.25. The van der Waals surface area contributed by atoms with Gasteiger partial charge in [-0.1, -0.05) is 170 Å². The molecule has 0 unspecified atom stereocenters. The topological polar surface area (TPSA) is 13.1 Å². The lowest BCUT2D eigenvalue weighted by molar-refractivity contribution is 0.670. The Morgan fingerprint density at radius 1 is 0.367 bits per heavy atom. The van der Waals surface area contributed by atoms with Gasteiger partial charge in [-0.05, 0) is 83.3 Å². The van der Waals surface area contributed by atoms with Gasteiger partial charge in [0.2, 0.25) is 0 Å². The van der Waals surface area contributed by atoms with Gasteiger partial charge in [0.15, 0.2) is 0 Å². The van der Waals surface area contributed by atoms with Crippen LogP contribution >= 0.6 is 0 Å². The van der Waals surface area contributed by atoms with Gasteiger partial charge in [0.05, 0.1) is 15.1 Å². The van der Waals surface area contributed by atoms with E-state index in [2.05, 4.69) is 54.6 Å². The monoisotopic (exact) mass is 633 g/mol. The highest BCUT2D eigenvalue weighted by Gasteiger charge is 2.19. The molecule has 0 radical (unpaired) electrons. The molecule has 0 atom stereocenters. The fourth-order valence-corrected chi connectivity index (χ4v) is 7.09. The van der Waals surface area contributed by atoms with Crippen LogP contribution in [0.4, 0.5) is 0 Å². The van der Waals surface area contributed by atoms with Crippen LogP contribution in [-0.2, 0) is 0 Å². The second kappa shape index (κ2) is 11.1. The summed E-state index contributed by atoms with van der Waals surface area (Å²) in [5.74, 6) is 0. The SMILES string of the molecule is [2H]c1c([2H])c([2H])c(-c2c([2H])c([2H])c([2H])c3c2oc2c([2H])c(-c4c5ccccc5c(-c5ccc(-c6cccc7ccccc67)cc5)c5ccccc45)c([2H])c([2H])c23)c([2H])c1[2H]. The van der Waals surface area contributed by atoms with Crippen molar-refractivity contribution in [2.75, 3.05) is 0 Å². The molecule has 9 aromatic carbocycles. The van der Waals surface area contributed by atoms with Crippen molar-refractivity contribution >= 4 is 54.3 Å². The maximum absolute atomic E-state index is 9.70. The van der Waals surface area contributed by atoms with Crippen LogP contribution in [0.5, 0.6) is 0 Å². The van der Waals surface area contributed by atoms with Crippen molar-refractivity contribution in [1.82, 2.24) is 0 Å². The van der Waals surface area contributed by atoms with Gasteiger partial charge in [0, 0.05) is 16.3 Å². The predicted octanol–water partition coefficient (Wildman–Crippen LogP) is 13.7. The molecule has 228 valence electrons. The molecule has 0 spiro atoms. The highest BCUT2D eigenvalue weighted by molar-refractivity contribution is 6.22. The van der Waals surface area contributed by atoms with Gasteiger partial charge < -0.3 is 4.42 Å². The molecule has 0 saturated carbocycles. The summed E-state index contributed by atoms with van der Waals surface area (Å²) in [6.45, 7) is 0. The van der Waals surface area contributed by atoms with E-state index in [1.54, 1.807) is 0 Å². The second-order valence-electron chi connectivity index (χ2n) is 12.0. The van der Waals surface area contributed by atoms with Crippen LogP contribution < -0.4 is 0 Å². The zero-order valence-electron chi connectivity index (χ0n) is 36.9. The minimum atomic E-state index is -0.655. The number of rotatable bonds is 4. The van der Waals surface area contributed by atoms with Crippen molar-refractivity contribution in [1.29, 1.82) is 0 Å². The van der Waals surface area contributed by atoms with Crippen LogP contribution in [0.3, 0.4) is 0 Å². The molecule has 10 rings (SSSR count). The fourth-order valence-electron chi connectivity index (χ4n) is 7.09. The molecule has 0 aliphatic rings. The molecule has 0 N–H and O–H groups in total. The van der Waals surface area contributed by atoms with Crippen molar-refractivity contribution in [3.8, 4) is 44.5 Å². The van der Waals surface area contributed by atoms with Gasteiger partial charge >= 0.3 is 0 Å². The van der Waals surface area contributed by atoms with Crippen LogP contribution in [0.25, 0.3) is 98.8 Å². The summed E-state index contributed by atoms with van der Waals surface area (Å²) in [5.41, 5.74) is 3.57.